The van der Waals surface area contributed by atoms with Gasteiger partial charge < -0.3 is 20.8 Å². The van der Waals surface area contributed by atoms with Gasteiger partial charge in [0.1, 0.15) is 6.10 Å². The third-order valence-corrected chi connectivity index (χ3v) is 6.65. The number of aliphatic hydroxyl groups is 2. The Morgan fingerprint density at radius 3 is 2.45 bits per heavy atom. The van der Waals surface area contributed by atoms with Crippen molar-refractivity contribution in [3.05, 3.63) is 59.7 Å². The van der Waals surface area contributed by atoms with Gasteiger partial charge >= 0.3 is 0 Å². The number of carbonyl (C=O) groups is 1. The van der Waals surface area contributed by atoms with Crippen molar-refractivity contribution in [3.63, 3.8) is 0 Å². The van der Waals surface area contributed by atoms with Crippen LogP contribution in [0.1, 0.15) is 17.5 Å². The summed E-state index contributed by atoms with van der Waals surface area (Å²) in [6.45, 7) is 4.07. The van der Waals surface area contributed by atoms with Crippen LogP contribution in [0.3, 0.4) is 0 Å². The number of aliphatic hydroxyl groups excluding tert-OH is 2. The molecule has 1 amide bonds. The van der Waals surface area contributed by atoms with Crippen molar-refractivity contribution >= 4 is 34.2 Å². The second-order valence-corrected chi connectivity index (χ2v) is 8.93. The SMILES string of the molecule is Cc1cc(C)cc(NC2=N[C@H]3[C@@H](O)[C@H](O)C[C@H](C(=O)Nc4ccccc4)[C@H]3S2)c1. The van der Waals surface area contributed by atoms with E-state index in [-0.39, 0.29) is 17.6 Å². The Morgan fingerprint density at radius 1 is 1.07 bits per heavy atom. The standard InChI is InChI=1S/C22H25N3O3S/c1-12-8-13(2)10-15(9-12)24-22-25-18-19(27)17(26)11-16(20(18)29-22)21(28)23-14-6-4-3-5-7-14/h3-10,16-20,26-27H,11H2,1-2H3,(H,23,28)(H,24,25)/t16-,17+,18-,19-,20+/m0/s1. The summed E-state index contributed by atoms with van der Waals surface area (Å²) in [5.74, 6) is -0.613. The molecule has 1 fully saturated rings. The van der Waals surface area contributed by atoms with Crippen molar-refractivity contribution < 1.29 is 15.0 Å². The van der Waals surface area contributed by atoms with Crippen LogP contribution in [0, 0.1) is 19.8 Å². The van der Waals surface area contributed by atoms with E-state index in [0.29, 0.717) is 10.9 Å². The van der Waals surface area contributed by atoms with Crippen molar-refractivity contribution in [1.82, 2.24) is 0 Å². The number of benzene rings is 2. The molecule has 152 valence electrons. The van der Waals surface area contributed by atoms with Gasteiger partial charge in [-0.05, 0) is 55.7 Å². The van der Waals surface area contributed by atoms with Crippen LogP contribution in [0.4, 0.5) is 11.4 Å². The van der Waals surface area contributed by atoms with Crippen LogP contribution in [-0.4, -0.2) is 44.8 Å². The van der Waals surface area contributed by atoms with Crippen molar-refractivity contribution in [2.45, 2.75) is 43.8 Å². The molecular weight excluding hydrogens is 386 g/mol. The summed E-state index contributed by atoms with van der Waals surface area (Å²) in [6.07, 6.45) is -1.75. The van der Waals surface area contributed by atoms with E-state index >= 15 is 0 Å². The first kappa shape index (κ1) is 19.9. The molecule has 1 saturated carbocycles. The lowest BCUT2D eigenvalue weighted by atomic mass is 9.81. The Balaban J connectivity index is 1.52. The van der Waals surface area contributed by atoms with Gasteiger partial charge in [0.2, 0.25) is 5.91 Å². The number of anilines is 2. The summed E-state index contributed by atoms with van der Waals surface area (Å²) < 4.78 is 0. The van der Waals surface area contributed by atoms with Gasteiger partial charge in [0, 0.05) is 16.6 Å². The number of amides is 1. The van der Waals surface area contributed by atoms with Crippen LogP contribution in [0.25, 0.3) is 0 Å². The minimum absolute atomic E-state index is 0.160. The number of nitrogens with one attached hydrogen (secondary N) is 2. The van der Waals surface area contributed by atoms with E-state index in [1.807, 2.05) is 56.3 Å². The Labute approximate surface area is 174 Å². The van der Waals surface area contributed by atoms with Crippen LogP contribution in [-0.2, 0) is 4.79 Å². The van der Waals surface area contributed by atoms with Gasteiger partial charge in [0.15, 0.2) is 5.17 Å². The molecule has 6 nitrogen and oxygen atoms in total. The van der Waals surface area contributed by atoms with Crippen LogP contribution in [0.2, 0.25) is 0 Å². The van der Waals surface area contributed by atoms with Gasteiger partial charge in [-0.15, -0.1) is 0 Å². The Morgan fingerprint density at radius 2 is 1.76 bits per heavy atom. The molecule has 0 radical (unpaired) electrons. The smallest absolute Gasteiger partial charge is 0.228 e. The molecule has 7 heteroatoms. The third-order valence-electron chi connectivity index (χ3n) is 5.34. The second-order valence-electron chi connectivity index (χ2n) is 7.76. The number of aliphatic imine (C=N–C) groups is 1. The van der Waals surface area contributed by atoms with Gasteiger partial charge in [-0.2, -0.15) is 0 Å². The molecule has 0 bridgehead atoms. The predicted molar refractivity (Wildman–Crippen MR) is 117 cm³/mol. The summed E-state index contributed by atoms with van der Waals surface area (Å²) in [7, 11) is 0. The molecule has 0 unspecified atom stereocenters. The van der Waals surface area contributed by atoms with Crippen molar-refractivity contribution in [2.75, 3.05) is 10.6 Å². The topological polar surface area (TPSA) is 94.0 Å². The fraction of sp³-hybridized carbons (Fsp3) is 0.364. The fourth-order valence-corrected chi connectivity index (χ4v) is 5.41. The summed E-state index contributed by atoms with van der Waals surface area (Å²) >= 11 is 1.46. The number of carbonyl (C=O) groups excluding carboxylic acids is 1. The quantitative estimate of drug-likeness (QED) is 0.623. The summed E-state index contributed by atoms with van der Waals surface area (Å²) in [6, 6.07) is 14.9. The molecule has 4 rings (SSSR count). The molecule has 2 aliphatic rings. The molecule has 1 heterocycles. The number of hydrogen-bond donors (Lipinski definition) is 4. The summed E-state index contributed by atoms with van der Waals surface area (Å²) in [4.78, 5) is 17.5. The number of fused-ring (bicyclic) bond motifs is 1. The van der Waals surface area contributed by atoms with Gasteiger partial charge in [0.05, 0.1) is 18.1 Å². The number of nitrogens with zero attached hydrogens (tertiary/aromatic N) is 1. The molecule has 1 aliphatic heterocycles. The Bertz CT molecular complexity index is 914. The highest BCUT2D eigenvalue weighted by molar-refractivity contribution is 8.15. The lowest BCUT2D eigenvalue weighted by molar-refractivity contribution is -0.124. The van der Waals surface area contributed by atoms with Gasteiger partial charge in [-0.1, -0.05) is 36.0 Å². The number of para-hydroxylation sites is 1. The zero-order chi connectivity index (χ0) is 20.5. The molecule has 1 aliphatic carbocycles. The lowest BCUT2D eigenvalue weighted by Gasteiger charge is -2.37. The largest absolute Gasteiger partial charge is 0.390 e. The van der Waals surface area contributed by atoms with Crippen LogP contribution in [0.15, 0.2) is 53.5 Å². The number of thioether (sulfide) groups is 1. The number of hydrogen-bond acceptors (Lipinski definition) is 6. The summed E-state index contributed by atoms with van der Waals surface area (Å²) in [5.41, 5.74) is 3.92. The maximum Gasteiger partial charge on any atom is 0.228 e. The van der Waals surface area contributed by atoms with Gasteiger partial charge in [-0.25, -0.2) is 0 Å². The van der Waals surface area contributed by atoms with E-state index in [0.717, 1.165) is 16.8 Å². The average molecular weight is 412 g/mol. The predicted octanol–water partition coefficient (Wildman–Crippen LogP) is 2.94. The van der Waals surface area contributed by atoms with E-state index in [9.17, 15) is 15.0 Å². The van der Waals surface area contributed by atoms with E-state index in [1.165, 1.54) is 11.8 Å². The minimum atomic E-state index is -0.980. The second kappa shape index (κ2) is 8.18. The first-order valence-electron chi connectivity index (χ1n) is 9.72. The fourth-order valence-electron chi connectivity index (χ4n) is 4.03. The Hall–Kier alpha value is -2.35. The van der Waals surface area contributed by atoms with Crippen molar-refractivity contribution in [3.8, 4) is 0 Å². The molecule has 2 aromatic carbocycles. The normalized spacial score (nSPS) is 28.4. The monoisotopic (exact) mass is 411 g/mol. The first-order valence-corrected chi connectivity index (χ1v) is 10.6. The highest BCUT2D eigenvalue weighted by Crippen LogP contribution is 2.41. The summed E-state index contributed by atoms with van der Waals surface area (Å²) in [5, 5.41) is 27.5. The number of rotatable bonds is 3. The third kappa shape index (κ3) is 4.32. The molecule has 29 heavy (non-hydrogen) atoms. The van der Waals surface area contributed by atoms with Gasteiger partial charge in [-0.3, -0.25) is 9.79 Å². The number of aryl methyl sites for hydroxylation is 2. The van der Waals surface area contributed by atoms with Crippen LogP contribution >= 0.6 is 11.8 Å². The van der Waals surface area contributed by atoms with Crippen LogP contribution < -0.4 is 10.6 Å². The Kier molecular flexibility index (Phi) is 5.63. The molecule has 0 spiro atoms. The van der Waals surface area contributed by atoms with Crippen LogP contribution in [0.5, 0.6) is 0 Å². The van der Waals surface area contributed by atoms with Crippen molar-refractivity contribution in [1.29, 1.82) is 0 Å². The number of amidine groups is 1. The zero-order valence-corrected chi connectivity index (χ0v) is 17.2. The van der Waals surface area contributed by atoms with Crippen molar-refractivity contribution in [2.24, 2.45) is 10.9 Å². The van der Waals surface area contributed by atoms with Gasteiger partial charge in [0.25, 0.3) is 0 Å². The van der Waals surface area contributed by atoms with E-state index in [2.05, 4.69) is 21.7 Å². The maximum atomic E-state index is 12.9. The molecule has 2 aromatic rings. The lowest BCUT2D eigenvalue weighted by Crippen LogP contribution is -2.52. The average Bonchev–Trinajstić information content (AvgIpc) is 3.08. The van der Waals surface area contributed by atoms with E-state index in [1.54, 1.807) is 0 Å². The highest BCUT2D eigenvalue weighted by atomic mass is 32.2. The highest BCUT2D eigenvalue weighted by Gasteiger charge is 2.50. The maximum absolute atomic E-state index is 12.9. The molecule has 5 atom stereocenters. The molecule has 0 aromatic heterocycles. The first-order chi connectivity index (χ1) is 13.9. The molecule has 4 N–H and O–H groups in total. The zero-order valence-electron chi connectivity index (χ0n) is 16.4. The molecule has 0 saturated heterocycles. The van der Waals surface area contributed by atoms with E-state index in [4.69, 9.17) is 0 Å². The molecular formula is C22H25N3O3S. The van der Waals surface area contributed by atoms with E-state index < -0.39 is 24.2 Å². The minimum Gasteiger partial charge on any atom is -0.390 e.